The van der Waals surface area contributed by atoms with Crippen molar-refractivity contribution in [3.63, 3.8) is 0 Å². The molecule has 1 atom stereocenters. The molecule has 0 amide bonds. The molecular weight excluding hydrogens is 432 g/mol. The van der Waals surface area contributed by atoms with Gasteiger partial charge in [0.25, 0.3) is 0 Å². The lowest BCUT2D eigenvalue weighted by atomic mass is 10.0. The van der Waals surface area contributed by atoms with Crippen molar-refractivity contribution in [2.24, 2.45) is 5.92 Å². The van der Waals surface area contributed by atoms with Crippen LogP contribution in [0.15, 0.2) is 36.7 Å². The molecule has 0 saturated carbocycles. The van der Waals surface area contributed by atoms with Gasteiger partial charge in [-0.05, 0) is 43.0 Å². The quantitative estimate of drug-likeness (QED) is 0.166. The largest absolute Gasteiger partial charge is 0.494 e. The maximum atomic E-state index is 5.91. The van der Waals surface area contributed by atoms with Crippen molar-refractivity contribution in [3.8, 4) is 22.9 Å². The molecule has 0 spiro atoms. The van der Waals surface area contributed by atoms with E-state index in [0.29, 0.717) is 5.82 Å². The number of benzene rings is 1. The van der Waals surface area contributed by atoms with Gasteiger partial charge in [0.05, 0.1) is 25.6 Å². The summed E-state index contributed by atoms with van der Waals surface area (Å²) in [5.74, 6) is 3.23. The Morgan fingerprint density at radius 2 is 1.14 bits per heavy atom. The van der Waals surface area contributed by atoms with Crippen molar-refractivity contribution in [1.82, 2.24) is 9.97 Å². The highest BCUT2D eigenvalue weighted by Crippen LogP contribution is 2.21. The van der Waals surface area contributed by atoms with Crippen LogP contribution in [0, 0.1) is 5.92 Å². The normalized spacial score (nSPS) is 12.0. The van der Waals surface area contributed by atoms with E-state index >= 15 is 0 Å². The van der Waals surface area contributed by atoms with E-state index in [1.807, 2.05) is 24.3 Å². The van der Waals surface area contributed by atoms with Crippen LogP contribution in [-0.2, 0) is 0 Å². The van der Waals surface area contributed by atoms with Gasteiger partial charge in [0.1, 0.15) is 5.75 Å². The van der Waals surface area contributed by atoms with Gasteiger partial charge in [0.2, 0.25) is 0 Å². The van der Waals surface area contributed by atoms with Crippen LogP contribution in [0.3, 0.4) is 0 Å². The van der Waals surface area contributed by atoms with Crippen molar-refractivity contribution in [1.29, 1.82) is 0 Å². The number of hydrogen-bond acceptors (Lipinski definition) is 4. The van der Waals surface area contributed by atoms with Gasteiger partial charge in [-0.25, -0.2) is 9.97 Å². The lowest BCUT2D eigenvalue weighted by Crippen LogP contribution is -2.00. The third-order valence-electron chi connectivity index (χ3n) is 6.81. The Bertz CT molecular complexity index is 746. The van der Waals surface area contributed by atoms with E-state index in [-0.39, 0.29) is 0 Å². The minimum Gasteiger partial charge on any atom is -0.494 e. The van der Waals surface area contributed by atoms with Crippen molar-refractivity contribution in [2.75, 3.05) is 13.2 Å². The zero-order chi connectivity index (χ0) is 25.0. The van der Waals surface area contributed by atoms with E-state index in [1.165, 1.54) is 83.5 Å². The summed E-state index contributed by atoms with van der Waals surface area (Å²) in [5.41, 5.74) is 0.994. The van der Waals surface area contributed by atoms with Crippen molar-refractivity contribution in [2.45, 2.75) is 117 Å². The zero-order valence-corrected chi connectivity index (χ0v) is 22.8. The Morgan fingerprint density at radius 1 is 0.629 bits per heavy atom. The summed E-state index contributed by atoms with van der Waals surface area (Å²) >= 11 is 0. The monoisotopic (exact) mass is 482 g/mol. The summed E-state index contributed by atoms with van der Waals surface area (Å²) in [7, 11) is 0. The molecule has 196 valence electrons. The van der Waals surface area contributed by atoms with Gasteiger partial charge in [-0.2, -0.15) is 0 Å². The summed E-state index contributed by atoms with van der Waals surface area (Å²) in [6.07, 6.45) is 23.1. The summed E-state index contributed by atoms with van der Waals surface area (Å²) in [6.45, 7) is 8.41. The van der Waals surface area contributed by atoms with Crippen LogP contribution in [0.1, 0.15) is 117 Å². The molecule has 0 radical (unpaired) electrons. The molecule has 2 rings (SSSR count). The van der Waals surface area contributed by atoms with Gasteiger partial charge in [0, 0.05) is 5.56 Å². The van der Waals surface area contributed by atoms with Crippen LogP contribution in [0.4, 0.5) is 0 Å². The zero-order valence-electron chi connectivity index (χ0n) is 22.8. The van der Waals surface area contributed by atoms with E-state index in [1.54, 1.807) is 12.4 Å². The third-order valence-corrected chi connectivity index (χ3v) is 6.81. The van der Waals surface area contributed by atoms with Gasteiger partial charge >= 0.3 is 0 Å². The number of nitrogens with zero attached hydrogens (tertiary/aromatic N) is 2. The summed E-state index contributed by atoms with van der Waals surface area (Å²) < 4.78 is 11.7. The van der Waals surface area contributed by atoms with Crippen LogP contribution < -0.4 is 9.47 Å². The van der Waals surface area contributed by atoms with Crippen molar-refractivity contribution < 1.29 is 9.47 Å². The van der Waals surface area contributed by atoms with Gasteiger partial charge < -0.3 is 9.47 Å². The second-order valence-corrected chi connectivity index (χ2v) is 10.0. The Hall–Kier alpha value is -2.10. The number of unbranched alkanes of at least 4 members (excludes halogenated alkanes) is 11. The van der Waals surface area contributed by atoms with Gasteiger partial charge in [-0.3, -0.25) is 0 Å². The van der Waals surface area contributed by atoms with Gasteiger partial charge in [0.15, 0.2) is 11.6 Å². The molecule has 4 nitrogen and oxygen atoms in total. The highest BCUT2D eigenvalue weighted by Gasteiger charge is 2.04. The lowest BCUT2D eigenvalue weighted by molar-refractivity contribution is 0.301. The topological polar surface area (TPSA) is 44.2 Å². The maximum Gasteiger partial charge on any atom is 0.159 e. The smallest absolute Gasteiger partial charge is 0.159 e. The highest BCUT2D eigenvalue weighted by molar-refractivity contribution is 5.56. The first-order valence-corrected chi connectivity index (χ1v) is 14.4. The second kappa shape index (κ2) is 19.1. The molecule has 0 saturated heterocycles. The predicted octanol–water partition coefficient (Wildman–Crippen LogP) is 9.43. The summed E-state index contributed by atoms with van der Waals surface area (Å²) in [4.78, 5) is 8.97. The first kappa shape index (κ1) is 29.1. The molecule has 2 aromatic rings. The predicted molar refractivity (Wildman–Crippen MR) is 148 cm³/mol. The first-order valence-electron chi connectivity index (χ1n) is 14.4. The van der Waals surface area contributed by atoms with E-state index < -0.39 is 0 Å². The fourth-order valence-electron chi connectivity index (χ4n) is 4.19. The number of ether oxygens (including phenoxy) is 2. The Morgan fingerprint density at radius 3 is 1.71 bits per heavy atom. The average Bonchev–Trinajstić information content (AvgIpc) is 2.89. The van der Waals surface area contributed by atoms with E-state index in [2.05, 4.69) is 30.7 Å². The number of aromatic nitrogens is 2. The Labute approximate surface area is 215 Å². The standard InChI is InChI=1S/C31H50N2O2/c1-4-6-7-8-9-10-11-13-16-23-34-29-21-19-28(20-22-29)31-32-25-30(26-33-31)35-24-17-14-12-15-18-27(3)5-2/h19-22,25-27H,4-18,23-24H2,1-3H3. The molecule has 0 fully saturated rings. The molecule has 1 aromatic carbocycles. The lowest BCUT2D eigenvalue weighted by Gasteiger charge is -2.09. The third kappa shape index (κ3) is 13.5. The summed E-state index contributed by atoms with van der Waals surface area (Å²) in [5, 5.41) is 0. The Kier molecular flexibility index (Phi) is 15.9. The molecule has 0 N–H and O–H groups in total. The minimum atomic E-state index is 0.716. The van der Waals surface area contributed by atoms with Gasteiger partial charge in [-0.15, -0.1) is 0 Å². The minimum absolute atomic E-state index is 0.716. The maximum absolute atomic E-state index is 5.91. The van der Waals surface area contributed by atoms with Crippen molar-refractivity contribution in [3.05, 3.63) is 36.7 Å². The van der Waals surface area contributed by atoms with Crippen LogP contribution in [0.25, 0.3) is 11.4 Å². The van der Waals surface area contributed by atoms with E-state index in [9.17, 15) is 0 Å². The van der Waals surface area contributed by atoms with Crippen LogP contribution >= 0.6 is 0 Å². The van der Waals surface area contributed by atoms with Crippen LogP contribution in [0.2, 0.25) is 0 Å². The molecule has 0 aliphatic heterocycles. The van der Waals surface area contributed by atoms with Crippen molar-refractivity contribution >= 4 is 0 Å². The molecule has 0 aliphatic carbocycles. The SMILES string of the molecule is CCCCCCCCCCCOc1ccc(-c2ncc(OCCCCCCC(C)CC)cn2)cc1. The van der Waals surface area contributed by atoms with Crippen LogP contribution in [0.5, 0.6) is 11.5 Å². The molecule has 0 bridgehead atoms. The molecule has 1 aromatic heterocycles. The molecule has 1 unspecified atom stereocenters. The Balaban J connectivity index is 1.56. The summed E-state index contributed by atoms with van der Waals surface area (Å²) in [6, 6.07) is 8.08. The first-order chi connectivity index (χ1) is 17.2. The second-order valence-electron chi connectivity index (χ2n) is 10.0. The molecule has 1 heterocycles. The van der Waals surface area contributed by atoms with Gasteiger partial charge in [-0.1, -0.05) is 104 Å². The fraction of sp³-hybridized carbons (Fsp3) is 0.677. The van der Waals surface area contributed by atoms with Crippen LogP contribution in [-0.4, -0.2) is 23.2 Å². The molecule has 0 aliphatic rings. The van der Waals surface area contributed by atoms with E-state index in [0.717, 1.165) is 49.0 Å². The average molecular weight is 483 g/mol. The fourth-order valence-corrected chi connectivity index (χ4v) is 4.19. The molecule has 4 heteroatoms. The molecular formula is C31H50N2O2. The molecule has 35 heavy (non-hydrogen) atoms. The van der Waals surface area contributed by atoms with E-state index in [4.69, 9.17) is 9.47 Å². The number of hydrogen-bond donors (Lipinski definition) is 0. The number of rotatable bonds is 21. The highest BCUT2D eigenvalue weighted by atomic mass is 16.5.